The molecule has 1 atom stereocenters. The summed E-state index contributed by atoms with van der Waals surface area (Å²) in [6.45, 7) is 0. The highest BCUT2D eigenvalue weighted by Crippen LogP contribution is 2.21. The molecule has 0 aromatic rings. The summed E-state index contributed by atoms with van der Waals surface area (Å²) in [7, 11) is 1.47. The molecule has 0 radical (unpaired) electrons. The summed E-state index contributed by atoms with van der Waals surface area (Å²) in [4.78, 5) is 3.82. The topological polar surface area (TPSA) is 24.8 Å². The molecule has 1 aliphatic heterocycles. The maximum atomic E-state index is 5.62. The second kappa shape index (κ2) is 3.63. The van der Waals surface area contributed by atoms with Crippen LogP contribution in [-0.4, -0.2) is 23.1 Å². The Hall–Kier alpha value is 0.0400. The molecule has 6 heteroatoms. The molecular weight excluding hydrogens is 210 g/mol. The van der Waals surface area contributed by atoms with Crippen molar-refractivity contribution >= 4 is 40.1 Å². The van der Waals surface area contributed by atoms with E-state index >= 15 is 0 Å². The zero-order valence-electron chi connectivity index (χ0n) is 5.59. The van der Waals surface area contributed by atoms with E-state index in [4.69, 9.17) is 39.7 Å². The average molecular weight is 215 g/mol. The van der Waals surface area contributed by atoms with Crippen LogP contribution in [0.2, 0.25) is 0 Å². The Balaban J connectivity index is 2.79. The molecule has 0 saturated heterocycles. The number of allylic oxidation sites excluding steroid dienone is 1. The normalized spacial score (nSPS) is 24.7. The molecule has 62 valence electrons. The van der Waals surface area contributed by atoms with Crippen molar-refractivity contribution in [1.29, 1.82) is 0 Å². The number of halogens is 3. The quantitative estimate of drug-likeness (QED) is 0.626. The maximum Gasteiger partial charge on any atom is 0.242 e. The molecule has 1 aliphatic rings. The lowest BCUT2D eigenvalue weighted by Gasteiger charge is -2.22. The summed E-state index contributed by atoms with van der Waals surface area (Å²) in [5, 5.41) is 0.505. The highest BCUT2D eigenvalue weighted by atomic mass is 35.5. The highest BCUT2D eigenvalue weighted by Gasteiger charge is 2.19. The minimum Gasteiger partial charge on any atom is -0.342 e. The molecule has 0 bridgehead atoms. The van der Waals surface area contributed by atoms with Gasteiger partial charge in [0.2, 0.25) is 6.35 Å². The predicted molar refractivity (Wildman–Crippen MR) is 45.7 cm³/mol. The third-order valence-corrected chi connectivity index (χ3v) is 2.02. The minimum absolute atomic E-state index is 0.204. The van der Waals surface area contributed by atoms with Gasteiger partial charge in [-0.3, -0.25) is 0 Å². The lowest BCUT2D eigenvalue weighted by Crippen LogP contribution is -2.27. The van der Waals surface area contributed by atoms with Gasteiger partial charge in [-0.05, 0) is 0 Å². The summed E-state index contributed by atoms with van der Waals surface area (Å²) in [6.07, 6.45) is 0.846. The van der Waals surface area contributed by atoms with E-state index in [1.807, 2.05) is 0 Å². The predicted octanol–water partition coefficient (Wildman–Crippen LogP) is 2.10. The van der Waals surface area contributed by atoms with E-state index in [9.17, 15) is 0 Å². The smallest absolute Gasteiger partial charge is 0.242 e. The van der Waals surface area contributed by atoms with Gasteiger partial charge in [0, 0.05) is 25.1 Å². The van der Waals surface area contributed by atoms with Gasteiger partial charge in [-0.1, -0.05) is 23.2 Å². The number of hydrogen-bond acceptors (Lipinski definition) is 3. The first-order valence-corrected chi connectivity index (χ1v) is 3.82. The molecule has 0 aromatic carbocycles. The number of hydrogen-bond donors (Lipinski definition) is 0. The molecule has 11 heavy (non-hydrogen) atoms. The fraction of sp³-hybridized carbons (Fsp3) is 0.400. The monoisotopic (exact) mass is 214 g/mol. The minimum atomic E-state index is -0.591. The Morgan fingerprint density at radius 3 is 2.82 bits per heavy atom. The van der Waals surface area contributed by atoms with Crippen LogP contribution in [0.4, 0.5) is 0 Å². The molecule has 0 fully saturated rings. The van der Waals surface area contributed by atoms with Gasteiger partial charge in [-0.25, -0.2) is 9.41 Å². The summed E-state index contributed by atoms with van der Waals surface area (Å²) in [5.74, 6) is 0. The van der Waals surface area contributed by atoms with E-state index in [2.05, 4.69) is 4.99 Å². The molecule has 0 N–H and O–H groups in total. The Labute approximate surface area is 79.3 Å². The summed E-state index contributed by atoms with van der Waals surface area (Å²) in [6, 6.07) is 0. The van der Waals surface area contributed by atoms with Crippen molar-refractivity contribution in [3.63, 3.8) is 0 Å². The van der Waals surface area contributed by atoms with E-state index in [1.54, 1.807) is 0 Å². The highest BCUT2D eigenvalue weighted by molar-refractivity contribution is 6.76. The number of rotatable bonds is 1. The van der Waals surface area contributed by atoms with Crippen molar-refractivity contribution in [3.8, 4) is 0 Å². The molecule has 0 spiro atoms. The number of aliphatic imine (C=N–C) groups is 1. The van der Waals surface area contributed by atoms with Crippen molar-refractivity contribution < 1.29 is 4.74 Å². The van der Waals surface area contributed by atoms with Crippen molar-refractivity contribution in [1.82, 2.24) is 4.42 Å². The molecule has 1 rings (SSSR count). The van der Waals surface area contributed by atoms with Crippen molar-refractivity contribution in [2.45, 2.75) is 6.35 Å². The Morgan fingerprint density at radius 2 is 2.27 bits per heavy atom. The molecule has 0 aliphatic carbocycles. The van der Waals surface area contributed by atoms with Gasteiger partial charge in [0.1, 0.15) is 5.17 Å². The maximum absolute atomic E-state index is 5.62. The third kappa shape index (κ3) is 1.99. The fourth-order valence-electron chi connectivity index (χ4n) is 0.592. The van der Waals surface area contributed by atoms with Gasteiger partial charge >= 0.3 is 0 Å². The van der Waals surface area contributed by atoms with E-state index in [0.29, 0.717) is 5.03 Å². The first kappa shape index (κ1) is 9.13. The zero-order chi connectivity index (χ0) is 8.43. The van der Waals surface area contributed by atoms with Gasteiger partial charge in [0.25, 0.3) is 0 Å². The number of ether oxygens (including phenoxy) is 1. The van der Waals surface area contributed by atoms with Crippen LogP contribution < -0.4 is 0 Å². The summed E-state index contributed by atoms with van der Waals surface area (Å²) < 4.78 is 6.04. The second-order valence-electron chi connectivity index (χ2n) is 1.80. The molecule has 0 aromatic heterocycles. The Kier molecular flexibility index (Phi) is 3.01. The lowest BCUT2D eigenvalue weighted by molar-refractivity contribution is 0.0436. The molecular formula is C5H5Cl3N2O. The van der Waals surface area contributed by atoms with E-state index in [-0.39, 0.29) is 5.17 Å². The molecule has 3 nitrogen and oxygen atoms in total. The van der Waals surface area contributed by atoms with E-state index in [0.717, 1.165) is 0 Å². The Morgan fingerprint density at radius 1 is 1.64 bits per heavy atom. The number of methoxy groups -OCH3 is 1. The molecule has 1 unspecified atom stereocenters. The largest absolute Gasteiger partial charge is 0.342 e. The lowest BCUT2D eigenvalue weighted by atomic mass is 10.6. The van der Waals surface area contributed by atoms with Gasteiger partial charge in [-0.2, -0.15) is 0 Å². The van der Waals surface area contributed by atoms with Crippen LogP contribution in [-0.2, 0) is 4.74 Å². The van der Waals surface area contributed by atoms with Crippen LogP contribution in [0.5, 0.6) is 0 Å². The van der Waals surface area contributed by atoms with Gasteiger partial charge in [-0.15, -0.1) is 0 Å². The first-order chi connectivity index (χ1) is 5.15. The molecule has 0 amide bonds. The SMILES string of the molecule is COC1N=C(Cl)C(Cl)=CN1Cl. The van der Waals surface area contributed by atoms with Crippen LogP contribution in [0.3, 0.4) is 0 Å². The standard InChI is InChI=1S/C5H5Cl3N2O/c1-11-5-9-4(7)3(6)2-10(5)8/h2,5H,1H3. The van der Waals surface area contributed by atoms with Crippen molar-refractivity contribution in [2.75, 3.05) is 7.11 Å². The number of nitrogens with zero attached hydrogens (tertiary/aromatic N) is 2. The third-order valence-electron chi connectivity index (χ3n) is 1.08. The summed E-state index contributed by atoms with van der Waals surface area (Å²) >= 11 is 16.8. The fourth-order valence-corrected chi connectivity index (χ4v) is 1.15. The van der Waals surface area contributed by atoms with Crippen LogP contribution in [0.25, 0.3) is 0 Å². The van der Waals surface area contributed by atoms with Crippen LogP contribution in [0, 0.1) is 0 Å². The van der Waals surface area contributed by atoms with Crippen LogP contribution in [0.15, 0.2) is 16.2 Å². The van der Waals surface area contributed by atoms with Gasteiger partial charge in [0.15, 0.2) is 0 Å². The zero-order valence-corrected chi connectivity index (χ0v) is 7.86. The average Bonchev–Trinajstić information content (AvgIpc) is 1.97. The Bertz CT molecular complexity index is 216. The molecule has 0 saturated carbocycles. The van der Waals surface area contributed by atoms with Crippen molar-refractivity contribution in [2.24, 2.45) is 4.99 Å². The van der Waals surface area contributed by atoms with E-state index < -0.39 is 6.35 Å². The van der Waals surface area contributed by atoms with Crippen LogP contribution in [0.1, 0.15) is 0 Å². The van der Waals surface area contributed by atoms with Crippen LogP contribution >= 0.6 is 35.0 Å². The van der Waals surface area contributed by atoms with Gasteiger partial charge < -0.3 is 4.74 Å². The summed E-state index contributed by atoms with van der Waals surface area (Å²) in [5.41, 5.74) is 0. The van der Waals surface area contributed by atoms with Crippen molar-refractivity contribution in [3.05, 3.63) is 11.2 Å². The first-order valence-electron chi connectivity index (χ1n) is 2.73. The van der Waals surface area contributed by atoms with E-state index in [1.165, 1.54) is 17.7 Å². The van der Waals surface area contributed by atoms with Gasteiger partial charge in [0.05, 0.1) is 5.03 Å². The second-order valence-corrected chi connectivity index (χ2v) is 2.96. The molecule has 1 heterocycles.